The third-order valence-electron chi connectivity index (χ3n) is 2.86. The van der Waals surface area contributed by atoms with E-state index in [4.69, 9.17) is 25.5 Å². The topological polar surface area (TPSA) is 96.2 Å². The van der Waals surface area contributed by atoms with Gasteiger partial charge in [-0.15, -0.1) is 0 Å². The van der Waals surface area contributed by atoms with Gasteiger partial charge < -0.3 is 24.3 Å². The lowest BCUT2D eigenvalue weighted by Crippen LogP contribution is -2.34. The molecule has 29 heavy (non-hydrogen) atoms. The average Bonchev–Trinajstić information content (AvgIpc) is 2.60. The molecule has 0 radical (unpaired) electrons. The van der Waals surface area contributed by atoms with Crippen LogP contribution in [-0.4, -0.2) is 61.2 Å². The number of carbonyl (C=O) groups is 1. The highest BCUT2D eigenvalue weighted by molar-refractivity contribution is 5.67. The van der Waals surface area contributed by atoms with E-state index in [1.54, 1.807) is 20.8 Å². The quantitative estimate of drug-likeness (QED) is 0.580. The molecule has 0 saturated carbocycles. The number of amides is 1. The van der Waals surface area contributed by atoms with Crippen molar-refractivity contribution in [3.8, 4) is 12.5 Å². The highest BCUT2D eigenvalue weighted by Gasteiger charge is 2.38. The first kappa shape index (κ1) is 24.4. The van der Waals surface area contributed by atoms with Crippen molar-refractivity contribution >= 4 is 12.0 Å². The Bertz CT molecular complexity index is 702. The third kappa shape index (κ3) is 11.1. The Hall–Kier alpha value is -2.65. The second-order valence-electron chi connectivity index (χ2n) is 6.52. The summed E-state index contributed by atoms with van der Waals surface area (Å²) in [5.41, 5.74) is -1.78. The van der Waals surface area contributed by atoms with Crippen molar-refractivity contribution in [1.82, 2.24) is 15.3 Å². The summed E-state index contributed by atoms with van der Waals surface area (Å²) >= 11 is 0. The fraction of sp³-hybridized carbons (Fsp3) is 0.647. The predicted octanol–water partition coefficient (Wildman–Crippen LogP) is 3.03. The Labute approximate surface area is 166 Å². The van der Waals surface area contributed by atoms with Crippen LogP contribution < -0.4 is 10.1 Å². The molecule has 0 spiro atoms. The van der Waals surface area contributed by atoms with Crippen LogP contribution in [0.5, 0.6) is 5.88 Å². The number of halogens is 3. The summed E-state index contributed by atoms with van der Waals surface area (Å²) < 4.78 is 58.8. The van der Waals surface area contributed by atoms with Gasteiger partial charge in [0, 0.05) is 6.54 Å². The van der Waals surface area contributed by atoms with Crippen LogP contribution in [0.2, 0.25) is 0 Å². The maximum atomic E-state index is 12.7. The zero-order valence-corrected chi connectivity index (χ0v) is 16.4. The van der Waals surface area contributed by atoms with Crippen LogP contribution in [-0.2, 0) is 20.4 Å². The fourth-order valence-corrected chi connectivity index (χ4v) is 1.76. The number of nitrogens with zero attached hydrogens (tertiary/aromatic N) is 3. The molecule has 0 aromatic carbocycles. The SMILES string of the molecule is C#[N+]c1nc(OCCOCCOCCNC(=O)OC(C)(C)C)cc(C(F)(F)F)n1. The minimum atomic E-state index is -4.67. The molecule has 9 nitrogen and oxygen atoms in total. The molecule has 0 aliphatic rings. The first-order valence-electron chi connectivity index (χ1n) is 8.63. The molecule has 0 saturated heterocycles. The highest BCUT2D eigenvalue weighted by Crippen LogP contribution is 2.30. The van der Waals surface area contributed by atoms with Crippen LogP contribution in [0.25, 0.3) is 4.85 Å². The number of aromatic nitrogens is 2. The van der Waals surface area contributed by atoms with E-state index in [0.29, 0.717) is 6.07 Å². The van der Waals surface area contributed by atoms with Gasteiger partial charge in [0.05, 0.1) is 32.5 Å². The van der Waals surface area contributed by atoms with Gasteiger partial charge in [-0.1, -0.05) is 0 Å². The van der Waals surface area contributed by atoms with E-state index in [9.17, 15) is 18.0 Å². The number of alkyl carbamates (subject to hydrolysis) is 1. The van der Waals surface area contributed by atoms with E-state index in [0.717, 1.165) is 0 Å². The number of ether oxygens (including phenoxy) is 4. The molecule has 0 aliphatic carbocycles. The van der Waals surface area contributed by atoms with Crippen molar-refractivity contribution in [2.45, 2.75) is 32.5 Å². The van der Waals surface area contributed by atoms with Gasteiger partial charge in [0.15, 0.2) is 0 Å². The van der Waals surface area contributed by atoms with E-state index in [2.05, 4.69) is 20.1 Å². The van der Waals surface area contributed by atoms with Gasteiger partial charge in [-0.25, -0.2) is 4.79 Å². The van der Waals surface area contributed by atoms with Crippen molar-refractivity contribution < 1.29 is 36.9 Å². The number of nitrogens with one attached hydrogen (secondary N) is 1. The zero-order valence-electron chi connectivity index (χ0n) is 16.4. The molecule has 0 atom stereocenters. The monoisotopic (exact) mass is 421 g/mol. The Morgan fingerprint density at radius 2 is 1.72 bits per heavy atom. The summed E-state index contributed by atoms with van der Waals surface area (Å²) in [7, 11) is 0. The van der Waals surface area contributed by atoms with Gasteiger partial charge in [0.2, 0.25) is 5.69 Å². The van der Waals surface area contributed by atoms with Crippen LogP contribution >= 0.6 is 0 Å². The van der Waals surface area contributed by atoms with Crippen LogP contribution in [0.3, 0.4) is 0 Å². The van der Waals surface area contributed by atoms with Crippen molar-refractivity contribution in [3.63, 3.8) is 0 Å². The Morgan fingerprint density at radius 1 is 1.10 bits per heavy atom. The molecule has 0 fully saturated rings. The fourth-order valence-electron chi connectivity index (χ4n) is 1.76. The van der Waals surface area contributed by atoms with Crippen LogP contribution in [0, 0.1) is 6.57 Å². The van der Waals surface area contributed by atoms with Gasteiger partial charge in [0.1, 0.15) is 18.8 Å². The summed E-state index contributed by atoms with van der Waals surface area (Å²) in [5, 5.41) is 2.54. The lowest BCUT2D eigenvalue weighted by Gasteiger charge is -2.19. The summed E-state index contributed by atoms with van der Waals surface area (Å²) in [5.74, 6) is -0.853. The van der Waals surface area contributed by atoms with E-state index in [-0.39, 0.29) is 45.5 Å². The number of alkyl halides is 3. The molecule has 0 unspecified atom stereocenters. The molecule has 1 aromatic heterocycles. The number of hydrogen-bond acceptors (Lipinski definition) is 7. The maximum Gasteiger partial charge on any atom is 0.534 e. The van der Waals surface area contributed by atoms with Crippen LogP contribution in [0.1, 0.15) is 26.5 Å². The molecular formula is C17H24F3N4O5+. The highest BCUT2D eigenvalue weighted by atomic mass is 19.4. The normalized spacial score (nSPS) is 11.6. The molecule has 0 aliphatic heterocycles. The second-order valence-corrected chi connectivity index (χ2v) is 6.52. The van der Waals surface area contributed by atoms with Crippen molar-refractivity contribution in [2.24, 2.45) is 0 Å². The zero-order chi connectivity index (χ0) is 21.9. The molecule has 1 aromatic rings. The van der Waals surface area contributed by atoms with Gasteiger partial charge >= 0.3 is 18.2 Å². The Morgan fingerprint density at radius 3 is 2.31 bits per heavy atom. The van der Waals surface area contributed by atoms with E-state index in [1.165, 1.54) is 0 Å². The standard InChI is InChI=1S/C17H23F3N4O5/c1-16(2,3)29-15(25)22-5-6-26-7-8-27-9-10-28-13-11-12(17(18,19)20)23-14(21-4)24-13/h4,11H,5-10H2,1-3H3/p+1. The van der Waals surface area contributed by atoms with Gasteiger partial charge in [0.25, 0.3) is 5.88 Å². The molecule has 1 N–H and O–H groups in total. The molecule has 1 heterocycles. The largest absolute Gasteiger partial charge is 0.534 e. The van der Waals surface area contributed by atoms with E-state index in [1.807, 2.05) is 0 Å². The van der Waals surface area contributed by atoms with Crippen molar-refractivity contribution in [3.05, 3.63) is 16.6 Å². The first-order chi connectivity index (χ1) is 13.5. The van der Waals surface area contributed by atoms with Crippen LogP contribution in [0.15, 0.2) is 6.07 Å². The predicted molar refractivity (Wildman–Crippen MR) is 96.4 cm³/mol. The smallest absolute Gasteiger partial charge is 0.463 e. The van der Waals surface area contributed by atoms with E-state index < -0.39 is 29.5 Å². The second kappa shape index (κ2) is 11.4. The Balaban J connectivity index is 2.15. The number of carbonyl (C=O) groups excluding carboxylic acids is 1. The van der Waals surface area contributed by atoms with Gasteiger partial charge in [-0.3, -0.25) is 0 Å². The van der Waals surface area contributed by atoms with Crippen LogP contribution in [0.4, 0.5) is 23.9 Å². The summed E-state index contributed by atoms with van der Waals surface area (Å²) in [6.45, 7) is 11.3. The number of rotatable bonds is 10. The minimum Gasteiger partial charge on any atom is -0.463 e. The molecule has 0 bridgehead atoms. The van der Waals surface area contributed by atoms with Crippen molar-refractivity contribution in [2.75, 3.05) is 39.6 Å². The average molecular weight is 421 g/mol. The van der Waals surface area contributed by atoms with Crippen molar-refractivity contribution in [1.29, 1.82) is 0 Å². The summed E-state index contributed by atoms with van der Waals surface area (Å²) in [4.78, 5) is 21.2. The third-order valence-corrected chi connectivity index (χ3v) is 2.86. The van der Waals surface area contributed by atoms with Gasteiger partial charge in [-0.05, 0) is 30.7 Å². The molecule has 1 rings (SSSR count). The summed E-state index contributed by atoms with van der Waals surface area (Å²) in [6.07, 6.45) is -5.20. The molecule has 12 heteroatoms. The summed E-state index contributed by atoms with van der Waals surface area (Å²) in [6, 6.07) is 0.648. The van der Waals surface area contributed by atoms with Gasteiger partial charge in [-0.2, -0.15) is 18.0 Å². The van der Waals surface area contributed by atoms with E-state index >= 15 is 0 Å². The lowest BCUT2D eigenvalue weighted by molar-refractivity contribution is -0.141. The minimum absolute atomic E-state index is 0.0431. The Kier molecular flexibility index (Phi) is 9.57. The first-order valence-corrected chi connectivity index (χ1v) is 8.63. The maximum absolute atomic E-state index is 12.7. The number of hydrogen-bond donors (Lipinski definition) is 1. The molecule has 1 amide bonds. The molecule has 162 valence electrons. The molecular weight excluding hydrogens is 397 g/mol. The lowest BCUT2D eigenvalue weighted by atomic mass is 10.2.